The van der Waals surface area contributed by atoms with Crippen LogP contribution in [0.25, 0.3) is 10.9 Å². The van der Waals surface area contributed by atoms with Gasteiger partial charge in [0.05, 0.1) is 25.6 Å². The number of hydrogen-bond acceptors (Lipinski definition) is 6. The lowest BCUT2D eigenvalue weighted by molar-refractivity contribution is -0.143. The number of aromatic nitrogens is 1. The zero-order valence-electron chi connectivity index (χ0n) is 18.3. The van der Waals surface area contributed by atoms with Gasteiger partial charge in [-0.1, -0.05) is 18.2 Å². The first-order chi connectivity index (χ1) is 14.7. The molecule has 2 heterocycles. The van der Waals surface area contributed by atoms with Crippen molar-refractivity contribution in [2.75, 3.05) is 13.7 Å². The van der Waals surface area contributed by atoms with Crippen LogP contribution in [0.3, 0.4) is 0 Å². The standard InChI is InChI=1S/C22H30N4O5/c1-22(2,3)31-21(29)26-16(9-13-11-23-15-8-6-5-7-14(13)15)18-12-24-20(28)17(25-18)10-19(27)30-4/h5-8,11,16-18,23,25H,9-10,12H2,1-4H3,(H,24,28)(H,26,29)/t16-,17-,18-/m0/s1. The molecule has 31 heavy (non-hydrogen) atoms. The molecule has 2 amide bonds. The van der Waals surface area contributed by atoms with E-state index in [1.165, 1.54) is 7.11 Å². The van der Waals surface area contributed by atoms with Crippen LogP contribution in [-0.4, -0.2) is 60.3 Å². The molecule has 9 heteroatoms. The predicted octanol–water partition coefficient (Wildman–Crippen LogP) is 1.62. The van der Waals surface area contributed by atoms with E-state index < -0.39 is 29.7 Å². The maximum atomic E-state index is 12.5. The van der Waals surface area contributed by atoms with Crippen LogP contribution in [0.4, 0.5) is 4.79 Å². The topological polar surface area (TPSA) is 122 Å². The number of fused-ring (bicyclic) bond motifs is 1. The van der Waals surface area contributed by atoms with Crippen LogP contribution >= 0.6 is 0 Å². The SMILES string of the molecule is COC(=O)C[C@@H]1N[C@H]([C@H](Cc2c[nH]c3ccccc23)NC(=O)OC(C)(C)C)CNC1=O. The van der Waals surface area contributed by atoms with Crippen molar-refractivity contribution in [2.24, 2.45) is 0 Å². The number of amides is 2. The minimum absolute atomic E-state index is 0.0922. The second-order valence-electron chi connectivity index (χ2n) is 8.67. The quantitative estimate of drug-likeness (QED) is 0.517. The van der Waals surface area contributed by atoms with E-state index in [4.69, 9.17) is 9.47 Å². The van der Waals surface area contributed by atoms with E-state index in [1.54, 1.807) is 20.8 Å². The number of para-hydroxylation sites is 1. The van der Waals surface area contributed by atoms with E-state index in [9.17, 15) is 14.4 Å². The van der Waals surface area contributed by atoms with E-state index in [0.29, 0.717) is 13.0 Å². The molecule has 3 rings (SSSR count). The van der Waals surface area contributed by atoms with Gasteiger partial charge in [0, 0.05) is 29.7 Å². The lowest BCUT2D eigenvalue weighted by Crippen LogP contribution is -2.65. The van der Waals surface area contributed by atoms with Crippen molar-refractivity contribution < 1.29 is 23.9 Å². The molecule has 1 aromatic heterocycles. The molecule has 0 spiro atoms. The lowest BCUT2D eigenvalue weighted by atomic mass is 9.95. The minimum Gasteiger partial charge on any atom is -0.469 e. The van der Waals surface area contributed by atoms with Crippen LogP contribution in [0.15, 0.2) is 30.5 Å². The Balaban J connectivity index is 1.81. The highest BCUT2D eigenvalue weighted by atomic mass is 16.6. The zero-order chi connectivity index (χ0) is 22.6. The Morgan fingerprint density at radius 2 is 2.00 bits per heavy atom. The van der Waals surface area contributed by atoms with Gasteiger partial charge in [0.1, 0.15) is 5.60 Å². The number of nitrogens with one attached hydrogen (secondary N) is 4. The number of carbonyl (C=O) groups is 3. The fourth-order valence-electron chi connectivity index (χ4n) is 3.68. The molecule has 1 aliphatic heterocycles. The number of methoxy groups -OCH3 is 1. The Morgan fingerprint density at radius 1 is 1.26 bits per heavy atom. The maximum absolute atomic E-state index is 12.5. The molecule has 3 atom stereocenters. The molecule has 1 saturated heterocycles. The molecule has 0 radical (unpaired) electrons. The average Bonchev–Trinajstić information content (AvgIpc) is 3.10. The summed E-state index contributed by atoms with van der Waals surface area (Å²) in [5, 5.41) is 10.0. The molecule has 1 aliphatic rings. The van der Waals surface area contributed by atoms with Crippen LogP contribution in [0.2, 0.25) is 0 Å². The van der Waals surface area contributed by atoms with Gasteiger partial charge in [0.25, 0.3) is 0 Å². The zero-order valence-corrected chi connectivity index (χ0v) is 18.3. The molecule has 168 valence electrons. The molecule has 0 aliphatic carbocycles. The number of ether oxygens (including phenoxy) is 2. The fourth-order valence-corrected chi connectivity index (χ4v) is 3.68. The highest BCUT2D eigenvalue weighted by Gasteiger charge is 2.35. The summed E-state index contributed by atoms with van der Waals surface area (Å²) in [4.78, 5) is 39.7. The third-order valence-corrected chi connectivity index (χ3v) is 5.13. The number of carbonyl (C=O) groups excluding carboxylic acids is 3. The van der Waals surface area contributed by atoms with E-state index >= 15 is 0 Å². The van der Waals surface area contributed by atoms with Gasteiger partial charge in [0.2, 0.25) is 5.91 Å². The lowest BCUT2D eigenvalue weighted by Gasteiger charge is -2.36. The Labute approximate surface area is 181 Å². The van der Waals surface area contributed by atoms with Gasteiger partial charge < -0.3 is 25.1 Å². The monoisotopic (exact) mass is 430 g/mol. The molecule has 0 saturated carbocycles. The summed E-state index contributed by atoms with van der Waals surface area (Å²) < 4.78 is 10.1. The second kappa shape index (κ2) is 9.38. The Morgan fingerprint density at radius 3 is 2.71 bits per heavy atom. The van der Waals surface area contributed by atoms with Crippen LogP contribution in [0, 0.1) is 0 Å². The van der Waals surface area contributed by atoms with Crippen molar-refractivity contribution in [1.82, 2.24) is 20.9 Å². The molecule has 4 N–H and O–H groups in total. The summed E-state index contributed by atoms with van der Waals surface area (Å²) in [6, 6.07) is 6.47. The molecule has 0 unspecified atom stereocenters. The Bertz CT molecular complexity index is 949. The molecule has 2 aromatic rings. The van der Waals surface area contributed by atoms with Gasteiger partial charge in [0.15, 0.2) is 0 Å². The van der Waals surface area contributed by atoms with Crippen molar-refractivity contribution in [3.05, 3.63) is 36.0 Å². The van der Waals surface area contributed by atoms with Gasteiger partial charge in [-0.3, -0.25) is 14.9 Å². The summed E-state index contributed by atoms with van der Waals surface area (Å²) in [6.07, 6.45) is 1.79. The third-order valence-electron chi connectivity index (χ3n) is 5.13. The van der Waals surface area contributed by atoms with E-state index in [1.807, 2.05) is 30.5 Å². The smallest absolute Gasteiger partial charge is 0.407 e. The number of H-pyrrole nitrogens is 1. The number of piperazine rings is 1. The second-order valence-corrected chi connectivity index (χ2v) is 8.67. The first kappa shape index (κ1) is 22.6. The van der Waals surface area contributed by atoms with Crippen molar-refractivity contribution >= 4 is 28.9 Å². The van der Waals surface area contributed by atoms with E-state index in [2.05, 4.69) is 20.9 Å². The highest BCUT2D eigenvalue weighted by Crippen LogP contribution is 2.21. The minimum atomic E-state index is -0.739. The third kappa shape index (κ3) is 5.97. The molecule has 1 fully saturated rings. The average molecular weight is 431 g/mol. The van der Waals surface area contributed by atoms with Gasteiger partial charge in [-0.25, -0.2) is 4.79 Å². The van der Waals surface area contributed by atoms with Crippen molar-refractivity contribution in [2.45, 2.75) is 57.3 Å². The molecule has 9 nitrogen and oxygen atoms in total. The number of esters is 1. The Hall–Kier alpha value is -3.07. The maximum Gasteiger partial charge on any atom is 0.407 e. The van der Waals surface area contributed by atoms with Gasteiger partial charge in [-0.05, 0) is 38.8 Å². The van der Waals surface area contributed by atoms with Gasteiger partial charge >= 0.3 is 12.1 Å². The number of hydrogen-bond donors (Lipinski definition) is 4. The van der Waals surface area contributed by atoms with Crippen molar-refractivity contribution in [3.63, 3.8) is 0 Å². The summed E-state index contributed by atoms with van der Waals surface area (Å²) >= 11 is 0. The summed E-state index contributed by atoms with van der Waals surface area (Å²) in [6.45, 7) is 5.70. The molecule has 0 bridgehead atoms. The number of alkyl carbamates (subject to hydrolysis) is 1. The van der Waals surface area contributed by atoms with Crippen molar-refractivity contribution in [1.29, 1.82) is 0 Å². The molecular weight excluding hydrogens is 400 g/mol. The van der Waals surface area contributed by atoms with Crippen LogP contribution in [0.1, 0.15) is 32.8 Å². The largest absolute Gasteiger partial charge is 0.469 e. The normalized spacial score (nSPS) is 20.1. The molecular formula is C22H30N4O5. The van der Waals surface area contributed by atoms with E-state index in [0.717, 1.165) is 16.5 Å². The number of aromatic amines is 1. The summed E-state index contributed by atoms with van der Waals surface area (Å²) in [5.41, 5.74) is 1.39. The van der Waals surface area contributed by atoms with Gasteiger partial charge in [-0.15, -0.1) is 0 Å². The number of benzene rings is 1. The van der Waals surface area contributed by atoms with Crippen LogP contribution in [0.5, 0.6) is 0 Å². The predicted molar refractivity (Wildman–Crippen MR) is 116 cm³/mol. The fraction of sp³-hybridized carbons (Fsp3) is 0.500. The highest BCUT2D eigenvalue weighted by molar-refractivity contribution is 5.87. The van der Waals surface area contributed by atoms with Crippen LogP contribution in [-0.2, 0) is 25.5 Å². The van der Waals surface area contributed by atoms with E-state index in [-0.39, 0.29) is 18.4 Å². The molecule has 1 aromatic carbocycles. The Kier molecular flexibility index (Phi) is 6.84. The van der Waals surface area contributed by atoms with Crippen LogP contribution < -0.4 is 16.0 Å². The summed E-state index contributed by atoms with van der Waals surface area (Å²) in [5.74, 6) is -0.758. The summed E-state index contributed by atoms with van der Waals surface area (Å²) in [7, 11) is 1.28. The van der Waals surface area contributed by atoms with Crippen molar-refractivity contribution in [3.8, 4) is 0 Å². The number of rotatable bonds is 6. The van der Waals surface area contributed by atoms with Gasteiger partial charge in [-0.2, -0.15) is 0 Å². The first-order valence-electron chi connectivity index (χ1n) is 10.3. The first-order valence-corrected chi connectivity index (χ1v) is 10.3.